The maximum atomic E-state index is 13.0. The number of carbonyl (C=O) groups excluding carboxylic acids is 2. The number of carbonyl (C=O) groups is 2. The predicted molar refractivity (Wildman–Crippen MR) is 101 cm³/mol. The van der Waals surface area contributed by atoms with Gasteiger partial charge in [-0.05, 0) is 48.7 Å². The number of furan rings is 1. The van der Waals surface area contributed by atoms with Gasteiger partial charge >= 0.3 is 0 Å². The summed E-state index contributed by atoms with van der Waals surface area (Å²) in [7, 11) is 0. The summed E-state index contributed by atoms with van der Waals surface area (Å²) in [6.07, 6.45) is 4.89. The Morgan fingerprint density at radius 3 is 2.70 bits per heavy atom. The molecule has 2 heterocycles. The summed E-state index contributed by atoms with van der Waals surface area (Å²) in [5, 5.41) is 2.72. The Labute approximate surface area is 158 Å². The third kappa shape index (κ3) is 5.31. The molecule has 2 aromatic rings. The van der Waals surface area contributed by atoms with Crippen molar-refractivity contribution in [3.05, 3.63) is 72.2 Å². The molecule has 2 amide bonds. The number of nitrogens with one attached hydrogen (secondary N) is 1. The SMILES string of the molecule is C=CC(=O)NCc1ccc(C(=O)N(Cc2ccco2)CC2CCCO2)cc1. The number of ether oxygens (including phenoxy) is 1. The van der Waals surface area contributed by atoms with Gasteiger partial charge in [-0.3, -0.25) is 9.59 Å². The Kier molecular flexibility index (Phi) is 6.44. The molecule has 1 unspecified atom stereocenters. The van der Waals surface area contributed by atoms with Gasteiger partial charge in [-0.2, -0.15) is 0 Å². The minimum absolute atomic E-state index is 0.0661. The zero-order chi connectivity index (χ0) is 19.1. The lowest BCUT2D eigenvalue weighted by Crippen LogP contribution is -2.36. The van der Waals surface area contributed by atoms with Crippen molar-refractivity contribution in [1.82, 2.24) is 10.2 Å². The van der Waals surface area contributed by atoms with Gasteiger partial charge in [-0.15, -0.1) is 0 Å². The number of rotatable bonds is 8. The molecule has 0 radical (unpaired) electrons. The van der Waals surface area contributed by atoms with Crippen molar-refractivity contribution in [2.75, 3.05) is 13.2 Å². The van der Waals surface area contributed by atoms with Gasteiger partial charge in [0.25, 0.3) is 5.91 Å². The van der Waals surface area contributed by atoms with Crippen molar-refractivity contribution < 1.29 is 18.7 Å². The fourth-order valence-electron chi connectivity index (χ4n) is 3.05. The zero-order valence-electron chi connectivity index (χ0n) is 15.2. The van der Waals surface area contributed by atoms with Crippen molar-refractivity contribution in [3.8, 4) is 0 Å². The summed E-state index contributed by atoms with van der Waals surface area (Å²) in [6.45, 7) is 5.51. The van der Waals surface area contributed by atoms with Crippen LogP contribution in [0, 0.1) is 0 Å². The average molecular weight is 368 g/mol. The molecule has 0 spiro atoms. The first-order valence-corrected chi connectivity index (χ1v) is 9.08. The molecule has 0 bridgehead atoms. The van der Waals surface area contributed by atoms with Gasteiger partial charge in [0.1, 0.15) is 5.76 Å². The third-order valence-corrected chi connectivity index (χ3v) is 4.52. The van der Waals surface area contributed by atoms with Gasteiger partial charge in [-0.25, -0.2) is 0 Å². The first-order chi connectivity index (χ1) is 13.2. The van der Waals surface area contributed by atoms with Gasteiger partial charge < -0.3 is 19.4 Å². The second-order valence-electron chi connectivity index (χ2n) is 6.52. The van der Waals surface area contributed by atoms with Gasteiger partial charge in [0, 0.05) is 25.3 Å². The molecule has 1 aliphatic rings. The Bertz CT molecular complexity index is 762. The molecular weight excluding hydrogens is 344 g/mol. The van der Waals surface area contributed by atoms with Crippen LogP contribution in [0.15, 0.2) is 59.7 Å². The lowest BCUT2D eigenvalue weighted by molar-refractivity contribution is -0.116. The lowest BCUT2D eigenvalue weighted by Gasteiger charge is -2.25. The van der Waals surface area contributed by atoms with Crippen LogP contribution in [0.1, 0.15) is 34.5 Å². The molecule has 142 valence electrons. The van der Waals surface area contributed by atoms with Crippen LogP contribution in [-0.2, 0) is 22.6 Å². The minimum Gasteiger partial charge on any atom is -0.467 e. The fraction of sp³-hybridized carbons (Fsp3) is 0.333. The molecule has 1 aromatic carbocycles. The van der Waals surface area contributed by atoms with Crippen LogP contribution >= 0.6 is 0 Å². The van der Waals surface area contributed by atoms with Gasteiger partial charge in [0.2, 0.25) is 5.91 Å². The summed E-state index contributed by atoms with van der Waals surface area (Å²) in [5.74, 6) is 0.449. The Morgan fingerprint density at radius 2 is 2.07 bits per heavy atom. The highest BCUT2D eigenvalue weighted by molar-refractivity contribution is 5.94. The monoisotopic (exact) mass is 368 g/mol. The topological polar surface area (TPSA) is 71.8 Å². The van der Waals surface area contributed by atoms with Gasteiger partial charge in [-0.1, -0.05) is 18.7 Å². The highest BCUT2D eigenvalue weighted by Crippen LogP contribution is 2.18. The van der Waals surface area contributed by atoms with Crippen LogP contribution < -0.4 is 5.32 Å². The standard InChI is InChI=1S/C21H24N2O4/c1-2-20(24)22-13-16-7-9-17(10-8-16)21(25)23(14-18-5-3-11-26-18)15-19-6-4-12-27-19/h2-3,5,7-11,19H,1,4,6,12-15H2,(H,22,24). The van der Waals surface area contributed by atoms with Crippen LogP contribution in [0.2, 0.25) is 0 Å². The highest BCUT2D eigenvalue weighted by Gasteiger charge is 2.24. The Hall–Kier alpha value is -2.86. The quantitative estimate of drug-likeness (QED) is 0.727. The van der Waals surface area contributed by atoms with E-state index in [1.165, 1.54) is 6.08 Å². The van der Waals surface area contributed by atoms with Crippen molar-refractivity contribution >= 4 is 11.8 Å². The van der Waals surface area contributed by atoms with Crippen molar-refractivity contribution in [3.63, 3.8) is 0 Å². The molecule has 0 saturated carbocycles. The van der Waals surface area contributed by atoms with Crippen LogP contribution in [0.4, 0.5) is 0 Å². The molecule has 3 rings (SSSR count). The van der Waals surface area contributed by atoms with Crippen LogP contribution in [0.5, 0.6) is 0 Å². The predicted octanol–water partition coefficient (Wildman–Crippen LogP) is 2.90. The fourth-order valence-corrected chi connectivity index (χ4v) is 3.05. The van der Waals surface area contributed by atoms with E-state index in [2.05, 4.69) is 11.9 Å². The first-order valence-electron chi connectivity index (χ1n) is 9.08. The van der Waals surface area contributed by atoms with E-state index in [1.54, 1.807) is 23.3 Å². The largest absolute Gasteiger partial charge is 0.467 e. The first kappa shape index (κ1) is 18.9. The van der Waals surface area contributed by atoms with Crippen LogP contribution in [0.3, 0.4) is 0 Å². The van der Waals surface area contributed by atoms with Crippen LogP contribution in [0.25, 0.3) is 0 Å². The number of hydrogen-bond donors (Lipinski definition) is 1. The summed E-state index contributed by atoms with van der Waals surface area (Å²) in [4.78, 5) is 26.1. The van der Waals surface area contributed by atoms with Crippen LogP contribution in [-0.4, -0.2) is 36.0 Å². The second-order valence-corrected chi connectivity index (χ2v) is 6.52. The lowest BCUT2D eigenvalue weighted by atomic mass is 10.1. The second kappa shape index (κ2) is 9.19. The summed E-state index contributed by atoms with van der Waals surface area (Å²) < 4.78 is 11.1. The zero-order valence-corrected chi connectivity index (χ0v) is 15.2. The molecule has 1 aromatic heterocycles. The number of nitrogens with zero attached hydrogens (tertiary/aromatic N) is 1. The average Bonchev–Trinajstić information content (AvgIpc) is 3.39. The van der Waals surface area contributed by atoms with E-state index < -0.39 is 0 Å². The molecule has 0 aliphatic carbocycles. The maximum Gasteiger partial charge on any atom is 0.254 e. The molecule has 6 heteroatoms. The van der Waals surface area contributed by atoms with E-state index in [0.29, 0.717) is 25.2 Å². The normalized spacial score (nSPS) is 16.1. The molecule has 1 fully saturated rings. The number of benzene rings is 1. The Balaban J connectivity index is 1.68. The van der Waals surface area contributed by atoms with Crippen molar-refractivity contribution in [1.29, 1.82) is 0 Å². The molecule has 27 heavy (non-hydrogen) atoms. The van der Waals surface area contributed by atoms with E-state index in [9.17, 15) is 9.59 Å². The molecule has 1 N–H and O–H groups in total. The van der Waals surface area contributed by atoms with E-state index in [4.69, 9.17) is 9.15 Å². The highest BCUT2D eigenvalue weighted by atomic mass is 16.5. The molecule has 6 nitrogen and oxygen atoms in total. The summed E-state index contributed by atoms with van der Waals surface area (Å²) in [5.41, 5.74) is 1.51. The molecule has 1 atom stereocenters. The van der Waals surface area contributed by atoms with E-state index >= 15 is 0 Å². The van der Waals surface area contributed by atoms with E-state index in [1.807, 2.05) is 24.3 Å². The smallest absolute Gasteiger partial charge is 0.254 e. The van der Waals surface area contributed by atoms with E-state index in [0.717, 1.165) is 30.8 Å². The molecule has 1 aliphatic heterocycles. The van der Waals surface area contributed by atoms with Gasteiger partial charge in [0.05, 0.1) is 18.9 Å². The summed E-state index contributed by atoms with van der Waals surface area (Å²) >= 11 is 0. The number of hydrogen-bond acceptors (Lipinski definition) is 4. The minimum atomic E-state index is -0.226. The third-order valence-electron chi connectivity index (χ3n) is 4.52. The molecule has 1 saturated heterocycles. The number of amides is 2. The Morgan fingerprint density at radius 1 is 1.26 bits per heavy atom. The summed E-state index contributed by atoms with van der Waals surface area (Å²) in [6, 6.07) is 10.9. The van der Waals surface area contributed by atoms with Crippen molar-refractivity contribution in [2.45, 2.75) is 32.0 Å². The van der Waals surface area contributed by atoms with Crippen molar-refractivity contribution in [2.24, 2.45) is 0 Å². The van der Waals surface area contributed by atoms with E-state index in [-0.39, 0.29) is 17.9 Å². The molecular formula is C21H24N2O4. The maximum absolute atomic E-state index is 13.0. The van der Waals surface area contributed by atoms with Gasteiger partial charge in [0.15, 0.2) is 0 Å².